The Bertz CT molecular complexity index is 944. The molecule has 6 nitrogen and oxygen atoms in total. The number of carbonyl (C=O) groups excluding carboxylic acids is 1. The lowest BCUT2D eigenvalue weighted by Crippen LogP contribution is -2.08. The van der Waals surface area contributed by atoms with Crippen LogP contribution in [0, 0.1) is 6.92 Å². The van der Waals surface area contributed by atoms with E-state index in [1.54, 1.807) is 10.6 Å². The molecule has 1 aromatic heterocycles. The molecule has 6 heteroatoms. The van der Waals surface area contributed by atoms with E-state index in [0.29, 0.717) is 18.0 Å². The lowest BCUT2D eigenvalue weighted by Gasteiger charge is -2.05. The second kappa shape index (κ2) is 7.17. The van der Waals surface area contributed by atoms with Crippen molar-refractivity contribution in [1.29, 1.82) is 0 Å². The van der Waals surface area contributed by atoms with Crippen molar-refractivity contribution < 1.29 is 14.6 Å². The van der Waals surface area contributed by atoms with E-state index in [0.717, 1.165) is 16.5 Å². The number of benzene rings is 2. The van der Waals surface area contributed by atoms with Crippen molar-refractivity contribution in [2.24, 2.45) is 10.2 Å². The van der Waals surface area contributed by atoms with Crippen LogP contribution in [0.5, 0.6) is 11.6 Å². The van der Waals surface area contributed by atoms with Gasteiger partial charge in [0.2, 0.25) is 5.88 Å². The van der Waals surface area contributed by atoms with Gasteiger partial charge in [-0.15, -0.1) is 10.2 Å². The Kier molecular flexibility index (Phi) is 4.79. The van der Waals surface area contributed by atoms with Gasteiger partial charge >= 0.3 is 5.91 Å². The molecule has 0 aliphatic heterocycles. The molecule has 1 amide bonds. The average molecular weight is 337 g/mol. The van der Waals surface area contributed by atoms with E-state index in [1.807, 2.05) is 56.3 Å². The predicted molar refractivity (Wildman–Crippen MR) is 95.5 cm³/mol. The Morgan fingerprint density at radius 2 is 1.88 bits per heavy atom. The highest BCUT2D eigenvalue weighted by molar-refractivity contribution is 5.95. The zero-order valence-electron chi connectivity index (χ0n) is 14.1. The fraction of sp³-hybridized carbons (Fsp3) is 0.211. The standard InChI is InChI=1S/C19H19N3O3/c1-3-22-15-10-6-5-9-14(15)18(19(22)24)21-20-17(23)12-25-16-11-7-4-8-13(16)2/h4-11,24H,3,12H2,1-2H3. The molecule has 0 aliphatic carbocycles. The van der Waals surface area contributed by atoms with Crippen LogP contribution < -0.4 is 4.74 Å². The number of hydrogen-bond donors (Lipinski definition) is 1. The Morgan fingerprint density at radius 3 is 2.64 bits per heavy atom. The molecular weight excluding hydrogens is 318 g/mol. The van der Waals surface area contributed by atoms with Crippen LogP contribution in [-0.2, 0) is 11.3 Å². The number of carbonyl (C=O) groups is 1. The summed E-state index contributed by atoms with van der Waals surface area (Å²) in [5.41, 5.74) is 2.08. The summed E-state index contributed by atoms with van der Waals surface area (Å²) in [4.78, 5) is 12.0. The van der Waals surface area contributed by atoms with Gasteiger partial charge in [0.05, 0.1) is 5.52 Å². The number of para-hydroxylation sites is 2. The van der Waals surface area contributed by atoms with Gasteiger partial charge in [-0.05, 0) is 31.5 Å². The minimum atomic E-state index is -0.518. The number of fused-ring (bicyclic) bond motifs is 1. The maximum Gasteiger partial charge on any atom is 0.302 e. The number of aryl methyl sites for hydroxylation is 2. The molecule has 1 heterocycles. The van der Waals surface area contributed by atoms with E-state index in [1.165, 1.54) is 0 Å². The molecular formula is C19H19N3O3. The van der Waals surface area contributed by atoms with Crippen molar-refractivity contribution in [3.05, 3.63) is 54.1 Å². The van der Waals surface area contributed by atoms with Crippen LogP contribution >= 0.6 is 0 Å². The minimum Gasteiger partial charge on any atom is -0.493 e. The topological polar surface area (TPSA) is 76.2 Å². The van der Waals surface area contributed by atoms with Crippen LogP contribution in [0.3, 0.4) is 0 Å². The molecule has 0 saturated heterocycles. The smallest absolute Gasteiger partial charge is 0.302 e. The van der Waals surface area contributed by atoms with Crippen LogP contribution in [0.4, 0.5) is 5.69 Å². The molecule has 3 rings (SSSR count). The van der Waals surface area contributed by atoms with Crippen LogP contribution in [-0.4, -0.2) is 22.2 Å². The summed E-state index contributed by atoms with van der Waals surface area (Å²) < 4.78 is 7.18. The number of aromatic hydroxyl groups is 1. The maximum absolute atomic E-state index is 12.0. The summed E-state index contributed by atoms with van der Waals surface area (Å²) in [5, 5.41) is 18.7. The fourth-order valence-corrected chi connectivity index (χ4v) is 2.68. The molecule has 0 saturated carbocycles. The number of rotatable bonds is 5. The van der Waals surface area contributed by atoms with E-state index in [-0.39, 0.29) is 12.5 Å². The van der Waals surface area contributed by atoms with Crippen molar-refractivity contribution >= 4 is 22.5 Å². The summed E-state index contributed by atoms with van der Waals surface area (Å²) in [5.74, 6) is 0.118. The van der Waals surface area contributed by atoms with Gasteiger partial charge in [-0.3, -0.25) is 4.79 Å². The van der Waals surface area contributed by atoms with Gasteiger partial charge < -0.3 is 14.4 Å². The predicted octanol–water partition coefficient (Wildman–Crippen LogP) is 4.36. The van der Waals surface area contributed by atoms with E-state index in [2.05, 4.69) is 10.2 Å². The molecule has 25 heavy (non-hydrogen) atoms. The van der Waals surface area contributed by atoms with Gasteiger partial charge in [-0.25, -0.2) is 0 Å². The minimum absolute atomic E-state index is 0.0000668. The number of amides is 1. The fourth-order valence-electron chi connectivity index (χ4n) is 2.68. The van der Waals surface area contributed by atoms with Gasteiger partial charge in [-0.2, -0.15) is 0 Å². The molecule has 0 unspecified atom stereocenters. The summed E-state index contributed by atoms with van der Waals surface area (Å²) >= 11 is 0. The van der Waals surface area contributed by atoms with Crippen molar-refractivity contribution in [3.63, 3.8) is 0 Å². The Balaban J connectivity index is 1.78. The van der Waals surface area contributed by atoms with E-state index < -0.39 is 5.91 Å². The average Bonchev–Trinajstić information content (AvgIpc) is 2.90. The summed E-state index contributed by atoms with van der Waals surface area (Å²) in [6.07, 6.45) is 0. The third-order valence-electron chi connectivity index (χ3n) is 3.94. The second-order valence-electron chi connectivity index (χ2n) is 5.58. The van der Waals surface area contributed by atoms with Gasteiger partial charge in [0.25, 0.3) is 0 Å². The van der Waals surface area contributed by atoms with Crippen LogP contribution in [0.1, 0.15) is 12.5 Å². The highest BCUT2D eigenvalue weighted by Gasteiger charge is 2.15. The SMILES string of the molecule is CCn1c(O)c(N=NC(=O)COc2ccccc2C)c2ccccc21. The lowest BCUT2D eigenvalue weighted by atomic mass is 10.2. The first-order valence-corrected chi connectivity index (χ1v) is 8.05. The third kappa shape index (κ3) is 3.38. The zero-order valence-corrected chi connectivity index (χ0v) is 14.1. The number of aromatic nitrogens is 1. The molecule has 0 spiro atoms. The zero-order chi connectivity index (χ0) is 17.8. The Labute approximate surface area is 145 Å². The Morgan fingerprint density at radius 1 is 1.16 bits per heavy atom. The first-order chi connectivity index (χ1) is 12.1. The second-order valence-corrected chi connectivity index (χ2v) is 5.58. The van der Waals surface area contributed by atoms with Crippen molar-refractivity contribution in [2.75, 3.05) is 6.61 Å². The van der Waals surface area contributed by atoms with Gasteiger partial charge in [0, 0.05) is 11.9 Å². The number of hydrogen-bond acceptors (Lipinski definition) is 4. The maximum atomic E-state index is 12.0. The first-order valence-electron chi connectivity index (χ1n) is 8.05. The van der Waals surface area contributed by atoms with Crippen LogP contribution in [0.2, 0.25) is 0 Å². The first kappa shape index (κ1) is 16.7. The van der Waals surface area contributed by atoms with Gasteiger partial charge in [0.1, 0.15) is 5.75 Å². The largest absolute Gasteiger partial charge is 0.493 e. The molecule has 0 radical (unpaired) electrons. The van der Waals surface area contributed by atoms with E-state index >= 15 is 0 Å². The molecule has 2 aromatic carbocycles. The molecule has 0 aliphatic rings. The number of nitrogens with zero attached hydrogens (tertiary/aromatic N) is 3. The highest BCUT2D eigenvalue weighted by atomic mass is 16.5. The number of ether oxygens (including phenoxy) is 1. The molecule has 128 valence electrons. The molecule has 0 bridgehead atoms. The highest BCUT2D eigenvalue weighted by Crippen LogP contribution is 2.38. The third-order valence-corrected chi connectivity index (χ3v) is 3.94. The normalized spacial score (nSPS) is 11.3. The summed E-state index contributed by atoms with van der Waals surface area (Å²) in [7, 11) is 0. The quantitative estimate of drug-likeness (QED) is 0.703. The summed E-state index contributed by atoms with van der Waals surface area (Å²) in [6, 6.07) is 14.9. The van der Waals surface area contributed by atoms with Crippen molar-refractivity contribution in [2.45, 2.75) is 20.4 Å². The molecule has 1 N–H and O–H groups in total. The lowest BCUT2D eigenvalue weighted by molar-refractivity contribution is -0.120. The molecule has 0 atom stereocenters. The number of azo groups is 1. The van der Waals surface area contributed by atoms with Gasteiger partial charge in [0.15, 0.2) is 12.3 Å². The van der Waals surface area contributed by atoms with Gasteiger partial charge in [-0.1, -0.05) is 36.4 Å². The van der Waals surface area contributed by atoms with Crippen molar-refractivity contribution in [1.82, 2.24) is 4.57 Å². The van der Waals surface area contributed by atoms with E-state index in [4.69, 9.17) is 4.74 Å². The van der Waals surface area contributed by atoms with Crippen LogP contribution in [0.25, 0.3) is 10.9 Å². The summed E-state index contributed by atoms with van der Waals surface area (Å²) in [6.45, 7) is 4.21. The Hall–Kier alpha value is -3.15. The molecule has 0 fully saturated rings. The molecule has 3 aromatic rings. The van der Waals surface area contributed by atoms with Crippen LogP contribution in [0.15, 0.2) is 58.8 Å². The van der Waals surface area contributed by atoms with Crippen molar-refractivity contribution in [3.8, 4) is 11.6 Å². The monoisotopic (exact) mass is 337 g/mol. The van der Waals surface area contributed by atoms with E-state index in [9.17, 15) is 9.90 Å².